The second-order valence-electron chi connectivity index (χ2n) is 7.66. The molecule has 1 N–H and O–H groups in total. The van der Waals surface area contributed by atoms with Crippen molar-refractivity contribution in [2.75, 3.05) is 5.32 Å². The number of aryl methyl sites for hydroxylation is 1. The normalized spacial score (nSPS) is 16.4. The van der Waals surface area contributed by atoms with Crippen LogP contribution in [0, 0.1) is 11.3 Å². The average molecular weight is 349 g/mol. The summed E-state index contributed by atoms with van der Waals surface area (Å²) in [6.07, 6.45) is 2.46. The minimum Gasteiger partial charge on any atom is -0.370 e. The van der Waals surface area contributed by atoms with E-state index in [4.69, 9.17) is 9.72 Å². The Morgan fingerprint density at radius 1 is 1.27 bits per heavy atom. The van der Waals surface area contributed by atoms with E-state index in [0.29, 0.717) is 18.0 Å². The summed E-state index contributed by atoms with van der Waals surface area (Å²) in [5.74, 6) is 0.712. The van der Waals surface area contributed by atoms with Gasteiger partial charge in [-0.25, -0.2) is 4.98 Å². The number of anilines is 1. The largest absolute Gasteiger partial charge is 0.370 e. The molecule has 0 spiro atoms. The third-order valence-corrected chi connectivity index (χ3v) is 4.92. The fourth-order valence-electron chi connectivity index (χ4n) is 3.61. The van der Waals surface area contributed by atoms with Crippen LogP contribution in [0.4, 0.5) is 5.82 Å². The van der Waals surface area contributed by atoms with Gasteiger partial charge in [-0.2, -0.15) is 5.26 Å². The Morgan fingerprint density at radius 2 is 2.00 bits per heavy atom. The van der Waals surface area contributed by atoms with Crippen molar-refractivity contribution in [2.24, 2.45) is 0 Å². The van der Waals surface area contributed by atoms with Gasteiger partial charge in [0, 0.05) is 23.7 Å². The first kappa shape index (κ1) is 18.4. The molecule has 0 unspecified atom stereocenters. The van der Waals surface area contributed by atoms with E-state index in [1.807, 2.05) is 6.07 Å². The lowest BCUT2D eigenvalue weighted by Gasteiger charge is -2.34. The van der Waals surface area contributed by atoms with Gasteiger partial charge in [0.15, 0.2) is 0 Å². The Labute approximate surface area is 156 Å². The molecule has 4 nitrogen and oxygen atoms in total. The van der Waals surface area contributed by atoms with E-state index in [1.165, 1.54) is 5.56 Å². The number of pyridine rings is 1. The summed E-state index contributed by atoms with van der Waals surface area (Å²) in [6, 6.07) is 13.0. The van der Waals surface area contributed by atoms with Crippen molar-refractivity contribution >= 4 is 5.82 Å². The molecule has 1 aliphatic rings. The number of fused-ring (bicyclic) bond motifs is 1. The van der Waals surface area contributed by atoms with Crippen molar-refractivity contribution in [3.8, 4) is 6.07 Å². The van der Waals surface area contributed by atoms with E-state index in [9.17, 15) is 5.26 Å². The van der Waals surface area contributed by atoms with E-state index in [2.05, 4.69) is 63.3 Å². The minimum absolute atomic E-state index is 0.188. The summed E-state index contributed by atoms with van der Waals surface area (Å²) in [5.41, 5.74) is 4.93. The van der Waals surface area contributed by atoms with Gasteiger partial charge in [-0.05, 0) is 44.7 Å². The summed E-state index contributed by atoms with van der Waals surface area (Å²) in [5, 5.41) is 13.3. The van der Waals surface area contributed by atoms with Crippen molar-refractivity contribution in [1.29, 1.82) is 5.26 Å². The van der Waals surface area contributed by atoms with Gasteiger partial charge < -0.3 is 10.1 Å². The van der Waals surface area contributed by atoms with E-state index in [-0.39, 0.29) is 11.6 Å². The molecule has 0 amide bonds. The number of hydrogen-bond donors (Lipinski definition) is 1. The van der Waals surface area contributed by atoms with Crippen molar-refractivity contribution < 1.29 is 4.74 Å². The summed E-state index contributed by atoms with van der Waals surface area (Å²) >= 11 is 0. The van der Waals surface area contributed by atoms with Crippen LogP contribution in [-0.2, 0) is 30.6 Å². The highest BCUT2D eigenvalue weighted by molar-refractivity contribution is 5.61. The first-order chi connectivity index (χ1) is 12.4. The third kappa shape index (κ3) is 3.89. The lowest BCUT2D eigenvalue weighted by atomic mass is 9.87. The fourth-order valence-corrected chi connectivity index (χ4v) is 3.61. The standard InChI is InChI=1S/C22H27N3O/c1-5-20-19-14-26-22(3,4)12-17(19)18(13-23)21(25-20)24-15(2)11-16-9-7-6-8-10-16/h6-10,15H,5,11-12,14H2,1-4H3,(H,24,25)/t15-/m1/s1. The maximum absolute atomic E-state index is 9.84. The van der Waals surface area contributed by atoms with Gasteiger partial charge >= 0.3 is 0 Å². The highest BCUT2D eigenvalue weighted by atomic mass is 16.5. The monoisotopic (exact) mass is 349 g/mol. The first-order valence-corrected chi connectivity index (χ1v) is 9.32. The van der Waals surface area contributed by atoms with Crippen LogP contribution in [0.1, 0.15) is 55.6 Å². The van der Waals surface area contributed by atoms with Gasteiger partial charge in [0.05, 0.1) is 17.8 Å². The molecule has 4 heteroatoms. The van der Waals surface area contributed by atoms with Crippen molar-refractivity contribution in [1.82, 2.24) is 4.98 Å². The average Bonchev–Trinajstić information content (AvgIpc) is 2.60. The first-order valence-electron chi connectivity index (χ1n) is 9.32. The third-order valence-electron chi connectivity index (χ3n) is 4.92. The predicted octanol–water partition coefficient (Wildman–Crippen LogP) is 4.41. The molecule has 1 aromatic carbocycles. The molecule has 1 aromatic heterocycles. The second kappa shape index (κ2) is 7.47. The minimum atomic E-state index is -0.252. The van der Waals surface area contributed by atoms with Gasteiger partial charge in [-0.1, -0.05) is 37.3 Å². The van der Waals surface area contributed by atoms with E-state index < -0.39 is 0 Å². The topological polar surface area (TPSA) is 57.9 Å². The number of benzene rings is 1. The van der Waals surface area contributed by atoms with Gasteiger partial charge in [0.2, 0.25) is 0 Å². The Hall–Kier alpha value is -2.38. The number of nitrogens with zero attached hydrogens (tertiary/aromatic N) is 2. The van der Waals surface area contributed by atoms with Crippen LogP contribution in [0.2, 0.25) is 0 Å². The van der Waals surface area contributed by atoms with Gasteiger partial charge in [0.1, 0.15) is 11.9 Å². The van der Waals surface area contributed by atoms with Crippen molar-refractivity contribution in [3.05, 3.63) is 58.3 Å². The molecule has 2 aromatic rings. The van der Waals surface area contributed by atoms with Gasteiger partial charge in [-0.15, -0.1) is 0 Å². The Bertz CT molecular complexity index is 822. The second-order valence-corrected chi connectivity index (χ2v) is 7.66. The highest BCUT2D eigenvalue weighted by Crippen LogP contribution is 2.34. The van der Waals surface area contributed by atoms with Gasteiger partial charge in [0.25, 0.3) is 0 Å². The van der Waals surface area contributed by atoms with Crippen LogP contribution in [0.5, 0.6) is 0 Å². The molecule has 2 heterocycles. The number of nitrogens with one attached hydrogen (secondary N) is 1. The maximum Gasteiger partial charge on any atom is 0.144 e. The molecular formula is C22H27N3O. The van der Waals surface area contributed by atoms with Crippen LogP contribution in [0.3, 0.4) is 0 Å². The molecule has 0 bridgehead atoms. The summed E-state index contributed by atoms with van der Waals surface area (Å²) in [4.78, 5) is 4.79. The Balaban J connectivity index is 1.93. The quantitative estimate of drug-likeness (QED) is 0.868. The maximum atomic E-state index is 9.84. The lowest BCUT2D eigenvalue weighted by molar-refractivity contribution is -0.0406. The zero-order valence-electron chi connectivity index (χ0n) is 16.1. The van der Waals surface area contributed by atoms with Crippen molar-refractivity contribution in [3.63, 3.8) is 0 Å². The predicted molar refractivity (Wildman–Crippen MR) is 104 cm³/mol. The number of hydrogen-bond acceptors (Lipinski definition) is 4. The van der Waals surface area contributed by atoms with E-state index in [1.54, 1.807) is 0 Å². The smallest absolute Gasteiger partial charge is 0.144 e. The zero-order chi connectivity index (χ0) is 18.7. The van der Waals surface area contributed by atoms with Gasteiger partial charge in [-0.3, -0.25) is 0 Å². The number of rotatable bonds is 5. The summed E-state index contributed by atoms with van der Waals surface area (Å²) in [6.45, 7) is 8.93. The van der Waals surface area contributed by atoms with Crippen LogP contribution in [0.25, 0.3) is 0 Å². The molecule has 1 aliphatic heterocycles. The molecule has 1 atom stereocenters. The van der Waals surface area contributed by atoms with Crippen LogP contribution in [0.15, 0.2) is 30.3 Å². The van der Waals surface area contributed by atoms with Crippen molar-refractivity contribution in [2.45, 2.75) is 65.2 Å². The molecule has 26 heavy (non-hydrogen) atoms. The lowest BCUT2D eigenvalue weighted by Crippen LogP contribution is -2.34. The SMILES string of the molecule is CCc1nc(N[C@H](C)Cc2ccccc2)c(C#N)c2c1COC(C)(C)C2. The molecule has 0 fully saturated rings. The molecule has 136 valence electrons. The molecule has 0 saturated carbocycles. The molecular weight excluding hydrogens is 322 g/mol. The molecule has 3 rings (SSSR count). The Morgan fingerprint density at radius 3 is 2.65 bits per heavy atom. The number of aromatic nitrogens is 1. The van der Waals surface area contributed by atoms with E-state index >= 15 is 0 Å². The fraction of sp³-hybridized carbons (Fsp3) is 0.455. The Kier molecular flexibility index (Phi) is 5.29. The molecule has 0 radical (unpaired) electrons. The number of nitriles is 1. The van der Waals surface area contributed by atoms with Crippen LogP contribution < -0.4 is 5.32 Å². The molecule has 0 aliphatic carbocycles. The number of ether oxygens (including phenoxy) is 1. The summed E-state index contributed by atoms with van der Waals surface area (Å²) < 4.78 is 5.96. The summed E-state index contributed by atoms with van der Waals surface area (Å²) in [7, 11) is 0. The highest BCUT2D eigenvalue weighted by Gasteiger charge is 2.31. The zero-order valence-corrected chi connectivity index (χ0v) is 16.1. The van der Waals surface area contributed by atoms with E-state index in [0.717, 1.165) is 36.1 Å². The molecule has 0 saturated heterocycles. The van der Waals surface area contributed by atoms with Crippen LogP contribution in [-0.4, -0.2) is 16.6 Å². The van der Waals surface area contributed by atoms with Crippen LogP contribution >= 0.6 is 0 Å².